The number of amides is 2. The first-order valence-corrected chi connectivity index (χ1v) is 11.9. The zero-order valence-electron chi connectivity index (χ0n) is 18.7. The van der Waals surface area contributed by atoms with Gasteiger partial charge in [-0.1, -0.05) is 49.4 Å². The van der Waals surface area contributed by atoms with E-state index < -0.39 is 5.97 Å². The van der Waals surface area contributed by atoms with E-state index in [1.54, 1.807) is 42.5 Å². The molecule has 0 radical (unpaired) electrons. The second kappa shape index (κ2) is 9.57. The van der Waals surface area contributed by atoms with Crippen LogP contribution in [0, 0.1) is 6.92 Å². The fraction of sp³-hybridized carbons (Fsp3) is 0.308. The molecule has 0 unspecified atom stereocenters. The highest BCUT2D eigenvalue weighted by Crippen LogP contribution is 2.43. The molecular weight excluding hydrogens is 420 g/mol. The Balaban J connectivity index is 1.70. The zero-order valence-corrected chi connectivity index (χ0v) is 19.5. The number of aryl methyl sites for hydroxylation is 1. The molecule has 1 aliphatic heterocycles. The van der Waals surface area contributed by atoms with Gasteiger partial charge in [-0.3, -0.25) is 0 Å². The maximum absolute atomic E-state index is 13.5. The smallest absolute Gasteiger partial charge is 0.340 e. The van der Waals surface area contributed by atoms with Gasteiger partial charge >= 0.3 is 12.0 Å². The molecular formula is C26H28N2O3S. The van der Waals surface area contributed by atoms with Gasteiger partial charge in [-0.25, -0.2) is 9.59 Å². The lowest BCUT2D eigenvalue weighted by Crippen LogP contribution is -2.42. The fourth-order valence-corrected chi connectivity index (χ4v) is 5.90. The van der Waals surface area contributed by atoms with E-state index >= 15 is 0 Å². The Bertz CT molecular complexity index is 1120. The summed E-state index contributed by atoms with van der Waals surface area (Å²) in [7, 11) is 0. The Hall–Kier alpha value is -3.12. The first kappa shape index (κ1) is 22.1. The minimum Gasteiger partial charge on any atom is -0.462 e. The summed E-state index contributed by atoms with van der Waals surface area (Å²) >= 11 is 1.79. The highest BCUT2D eigenvalue weighted by atomic mass is 32.1. The number of carbonyl (C=O) groups is 2. The van der Waals surface area contributed by atoms with Gasteiger partial charge in [0.15, 0.2) is 0 Å². The molecule has 0 saturated carbocycles. The predicted molar refractivity (Wildman–Crippen MR) is 129 cm³/mol. The summed E-state index contributed by atoms with van der Waals surface area (Å²) in [4.78, 5) is 30.3. The molecule has 0 spiro atoms. The number of thiophene rings is 1. The Morgan fingerprint density at radius 1 is 1.09 bits per heavy atom. The van der Waals surface area contributed by atoms with Crippen LogP contribution < -0.4 is 5.32 Å². The molecule has 2 aromatic carbocycles. The van der Waals surface area contributed by atoms with Gasteiger partial charge in [0.25, 0.3) is 0 Å². The molecule has 0 saturated heterocycles. The maximum Gasteiger partial charge on any atom is 0.340 e. The van der Waals surface area contributed by atoms with Crippen molar-refractivity contribution >= 4 is 29.0 Å². The van der Waals surface area contributed by atoms with Crippen molar-refractivity contribution in [1.29, 1.82) is 0 Å². The number of ether oxygens (including phenoxy) is 1. The van der Waals surface area contributed by atoms with Crippen LogP contribution in [0.4, 0.5) is 10.5 Å². The van der Waals surface area contributed by atoms with E-state index in [-0.39, 0.29) is 18.7 Å². The van der Waals surface area contributed by atoms with Gasteiger partial charge in [-0.05, 0) is 55.5 Å². The number of hydrogen-bond donors (Lipinski definition) is 1. The average molecular weight is 449 g/mol. The summed E-state index contributed by atoms with van der Waals surface area (Å²) in [5.74, 6) is -0.439. The summed E-state index contributed by atoms with van der Waals surface area (Å²) < 4.78 is 5.16. The lowest BCUT2D eigenvalue weighted by atomic mass is 9.92. The monoisotopic (exact) mass is 448 g/mol. The van der Waals surface area contributed by atoms with Crippen LogP contribution in [0.25, 0.3) is 0 Å². The van der Waals surface area contributed by atoms with Crippen molar-refractivity contribution in [3.63, 3.8) is 0 Å². The van der Waals surface area contributed by atoms with Crippen molar-refractivity contribution in [2.24, 2.45) is 0 Å². The molecule has 3 aromatic rings. The third-order valence-corrected chi connectivity index (χ3v) is 7.15. The topological polar surface area (TPSA) is 58.6 Å². The van der Waals surface area contributed by atoms with Crippen molar-refractivity contribution in [2.45, 2.75) is 39.7 Å². The minimum atomic E-state index is -0.439. The van der Waals surface area contributed by atoms with Crippen molar-refractivity contribution in [3.05, 3.63) is 86.6 Å². The molecule has 1 aliphatic rings. The van der Waals surface area contributed by atoms with Gasteiger partial charge in [0.05, 0.1) is 23.9 Å². The van der Waals surface area contributed by atoms with E-state index in [0.29, 0.717) is 17.8 Å². The number of nitrogens with zero attached hydrogens (tertiary/aromatic N) is 1. The van der Waals surface area contributed by atoms with Crippen LogP contribution in [0.15, 0.2) is 54.6 Å². The standard InChI is InChI=1S/C26H28N2O3S/c1-4-19-17(3)32-24-20(19)15-16-28(23(24)18-11-7-6-8-12-18)26(30)27-22-14-10-9-13-21(22)25(29)31-5-2/h6-14,23H,4-5,15-16H2,1-3H3,(H,27,30)/t23-/m1/s1. The molecule has 1 atom stereocenters. The first-order chi connectivity index (χ1) is 15.5. The van der Waals surface area contributed by atoms with Crippen LogP contribution in [-0.2, 0) is 17.6 Å². The number of hydrogen-bond acceptors (Lipinski definition) is 4. The molecule has 5 nitrogen and oxygen atoms in total. The summed E-state index contributed by atoms with van der Waals surface area (Å²) in [6.45, 7) is 7.03. The third-order valence-electron chi connectivity index (χ3n) is 5.91. The van der Waals surface area contributed by atoms with Gasteiger partial charge in [0.1, 0.15) is 0 Å². The van der Waals surface area contributed by atoms with E-state index in [0.717, 1.165) is 18.4 Å². The van der Waals surface area contributed by atoms with Crippen molar-refractivity contribution < 1.29 is 14.3 Å². The molecule has 166 valence electrons. The highest BCUT2D eigenvalue weighted by Gasteiger charge is 2.35. The SMILES string of the molecule is CCOC(=O)c1ccccc1NC(=O)N1CCc2c(sc(C)c2CC)[C@H]1c1ccccc1. The number of fused-ring (bicyclic) bond motifs is 1. The highest BCUT2D eigenvalue weighted by molar-refractivity contribution is 7.12. The molecule has 4 rings (SSSR count). The Morgan fingerprint density at radius 3 is 2.53 bits per heavy atom. The van der Waals surface area contributed by atoms with Crippen LogP contribution in [0.1, 0.15) is 56.7 Å². The van der Waals surface area contributed by atoms with E-state index in [4.69, 9.17) is 4.74 Å². The molecule has 2 amide bonds. The van der Waals surface area contributed by atoms with Crippen molar-refractivity contribution in [3.8, 4) is 0 Å². The number of nitrogens with one attached hydrogen (secondary N) is 1. The van der Waals surface area contributed by atoms with Crippen LogP contribution in [0.3, 0.4) is 0 Å². The summed E-state index contributed by atoms with van der Waals surface area (Å²) in [5, 5.41) is 2.98. The number of benzene rings is 2. The maximum atomic E-state index is 13.5. The molecule has 0 bridgehead atoms. The number of anilines is 1. The average Bonchev–Trinajstić information content (AvgIpc) is 3.14. The summed E-state index contributed by atoms with van der Waals surface area (Å²) in [6.07, 6.45) is 1.83. The molecule has 0 aliphatic carbocycles. The molecule has 2 heterocycles. The quantitative estimate of drug-likeness (QED) is 0.489. The normalized spacial score (nSPS) is 15.2. The van der Waals surface area contributed by atoms with E-state index in [9.17, 15) is 9.59 Å². The first-order valence-electron chi connectivity index (χ1n) is 11.0. The van der Waals surface area contributed by atoms with E-state index in [1.807, 2.05) is 23.1 Å². The molecule has 0 fully saturated rings. The van der Waals surface area contributed by atoms with Gasteiger partial charge < -0.3 is 15.0 Å². The second-order valence-electron chi connectivity index (χ2n) is 7.79. The van der Waals surface area contributed by atoms with E-state index in [2.05, 4.69) is 31.3 Å². The molecule has 6 heteroatoms. The number of carbonyl (C=O) groups excluding carboxylic acids is 2. The summed E-state index contributed by atoms with van der Waals surface area (Å²) in [6, 6.07) is 16.8. The predicted octanol–water partition coefficient (Wildman–Crippen LogP) is 5.98. The second-order valence-corrected chi connectivity index (χ2v) is 9.04. The number of para-hydroxylation sites is 1. The summed E-state index contributed by atoms with van der Waals surface area (Å²) in [5.41, 5.74) is 4.71. The van der Waals surface area contributed by atoms with Crippen LogP contribution >= 0.6 is 11.3 Å². The molecule has 1 aromatic heterocycles. The van der Waals surface area contributed by atoms with Gasteiger partial charge in [-0.15, -0.1) is 11.3 Å². The fourth-order valence-electron chi connectivity index (χ4n) is 4.46. The molecule has 32 heavy (non-hydrogen) atoms. The zero-order chi connectivity index (χ0) is 22.7. The molecule has 1 N–H and O–H groups in total. The minimum absolute atomic E-state index is 0.154. The van der Waals surface area contributed by atoms with Crippen LogP contribution in [-0.4, -0.2) is 30.1 Å². The van der Waals surface area contributed by atoms with Crippen LogP contribution in [0.5, 0.6) is 0 Å². The lowest BCUT2D eigenvalue weighted by molar-refractivity contribution is 0.0527. The number of esters is 1. The Morgan fingerprint density at radius 2 is 1.81 bits per heavy atom. The van der Waals surface area contributed by atoms with Crippen molar-refractivity contribution in [2.75, 3.05) is 18.5 Å². The van der Waals surface area contributed by atoms with Crippen LogP contribution in [0.2, 0.25) is 0 Å². The van der Waals surface area contributed by atoms with Gasteiger partial charge in [-0.2, -0.15) is 0 Å². The Labute approximate surface area is 193 Å². The number of urea groups is 1. The third kappa shape index (κ3) is 4.15. The lowest BCUT2D eigenvalue weighted by Gasteiger charge is -2.36. The largest absolute Gasteiger partial charge is 0.462 e. The Kier molecular flexibility index (Phi) is 6.61. The van der Waals surface area contributed by atoms with E-state index in [1.165, 1.54) is 20.9 Å². The van der Waals surface area contributed by atoms with Gasteiger partial charge in [0.2, 0.25) is 0 Å². The van der Waals surface area contributed by atoms with Crippen molar-refractivity contribution in [1.82, 2.24) is 4.90 Å². The number of rotatable bonds is 5. The van der Waals surface area contributed by atoms with Gasteiger partial charge in [0, 0.05) is 16.3 Å².